The van der Waals surface area contributed by atoms with Gasteiger partial charge in [0.2, 0.25) is 5.91 Å². The first kappa shape index (κ1) is 24.3. The van der Waals surface area contributed by atoms with Crippen molar-refractivity contribution < 1.29 is 4.79 Å². The predicted molar refractivity (Wildman–Crippen MR) is 145 cm³/mol. The van der Waals surface area contributed by atoms with E-state index in [0.717, 1.165) is 47.4 Å². The van der Waals surface area contributed by atoms with Crippen LogP contribution in [0.15, 0.2) is 90.1 Å². The Morgan fingerprint density at radius 3 is 2.25 bits per heavy atom. The number of carbonyl (C=O) groups excluding carboxylic acids is 1. The number of rotatable bonds is 9. The third-order valence-electron chi connectivity index (χ3n) is 6.42. The molecule has 6 nitrogen and oxygen atoms in total. The van der Waals surface area contributed by atoms with E-state index in [1.807, 2.05) is 67.6 Å². The summed E-state index contributed by atoms with van der Waals surface area (Å²) < 4.78 is 2.17. The maximum absolute atomic E-state index is 13.6. The molecule has 1 aliphatic heterocycles. The van der Waals surface area contributed by atoms with Crippen LogP contribution in [-0.2, 0) is 17.9 Å². The molecule has 1 aliphatic rings. The third kappa shape index (κ3) is 6.04. The third-order valence-corrected chi connectivity index (χ3v) is 7.66. The molecule has 5 rings (SSSR count). The molecule has 1 amide bonds. The van der Waals surface area contributed by atoms with Gasteiger partial charge < -0.3 is 9.88 Å². The van der Waals surface area contributed by atoms with Gasteiger partial charge in [-0.1, -0.05) is 90.1 Å². The molecule has 1 N–H and O–H groups in total. The SMILES string of the molecule is Cc1ccc(NC(=O)[C@@H](Sc2nnc(CN3CCCC3)n2Cc2ccccc2)c2ccccc2)cc1. The van der Waals surface area contributed by atoms with Crippen molar-refractivity contribution in [2.24, 2.45) is 0 Å². The van der Waals surface area contributed by atoms with E-state index in [1.165, 1.54) is 30.2 Å². The van der Waals surface area contributed by atoms with Gasteiger partial charge in [-0.25, -0.2) is 0 Å². The summed E-state index contributed by atoms with van der Waals surface area (Å²) in [6.45, 7) is 5.65. The normalized spacial score (nSPS) is 14.6. The molecular formula is C29H31N5OS. The minimum Gasteiger partial charge on any atom is -0.325 e. The van der Waals surface area contributed by atoms with Crippen LogP contribution in [0.5, 0.6) is 0 Å². The van der Waals surface area contributed by atoms with Crippen molar-refractivity contribution in [2.75, 3.05) is 18.4 Å². The van der Waals surface area contributed by atoms with Crippen LogP contribution in [0, 0.1) is 6.92 Å². The smallest absolute Gasteiger partial charge is 0.242 e. The number of aryl methyl sites for hydroxylation is 1. The van der Waals surface area contributed by atoms with Crippen molar-refractivity contribution in [3.05, 3.63) is 107 Å². The van der Waals surface area contributed by atoms with Crippen LogP contribution >= 0.6 is 11.8 Å². The van der Waals surface area contributed by atoms with Gasteiger partial charge in [0.1, 0.15) is 11.1 Å². The average molecular weight is 498 g/mol. The van der Waals surface area contributed by atoms with E-state index in [2.05, 4.69) is 49.2 Å². The van der Waals surface area contributed by atoms with Crippen LogP contribution in [0.3, 0.4) is 0 Å². The molecular weight excluding hydrogens is 466 g/mol. The summed E-state index contributed by atoms with van der Waals surface area (Å²) in [5, 5.41) is 12.6. The number of amides is 1. The molecule has 2 heterocycles. The zero-order valence-electron chi connectivity index (χ0n) is 20.5. The number of hydrogen-bond acceptors (Lipinski definition) is 5. The second-order valence-electron chi connectivity index (χ2n) is 9.22. The summed E-state index contributed by atoms with van der Waals surface area (Å²) in [6, 6.07) is 28.1. The Hall–Kier alpha value is -3.42. The highest BCUT2D eigenvalue weighted by atomic mass is 32.2. The second kappa shape index (κ2) is 11.5. The van der Waals surface area contributed by atoms with Crippen LogP contribution in [0.1, 0.15) is 40.6 Å². The highest BCUT2D eigenvalue weighted by Gasteiger charge is 2.27. The van der Waals surface area contributed by atoms with E-state index in [0.29, 0.717) is 6.54 Å². The summed E-state index contributed by atoms with van der Waals surface area (Å²) in [6.07, 6.45) is 2.45. The molecule has 0 saturated carbocycles. The summed E-state index contributed by atoms with van der Waals surface area (Å²) in [4.78, 5) is 16.0. The number of likely N-dealkylation sites (tertiary alicyclic amines) is 1. The molecule has 3 aromatic carbocycles. The monoisotopic (exact) mass is 497 g/mol. The molecule has 36 heavy (non-hydrogen) atoms. The molecule has 184 valence electrons. The van der Waals surface area contributed by atoms with Crippen molar-refractivity contribution in [1.29, 1.82) is 0 Å². The predicted octanol–water partition coefficient (Wildman–Crippen LogP) is 5.70. The van der Waals surface area contributed by atoms with Gasteiger partial charge in [-0.2, -0.15) is 0 Å². The first-order valence-corrected chi connectivity index (χ1v) is 13.3. The standard InChI is InChI=1S/C29H31N5OS/c1-22-14-16-25(17-15-22)30-28(35)27(24-12-6-3-7-13-24)36-29-32-31-26(21-33-18-8-9-19-33)34(29)20-23-10-4-2-5-11-23/h2-7,10-17,27H,8-9,18-21H2,1H3,(H,30,35)/t27-/m0/s1. The van der Waals surface area contributed by atoms with E-state index in [-0.39, 0.29) is 5.91 Å². The van der Waals surface area contributed by atoms with Crippen LogP contribution in [0.2, 0.25) is 0 Å². The lowest BCUT2D eigenvalue weighted by Gasteiger charge is -2.19. The number of aromatic nitrogens is 3. The van der Waals surface area contributed by atoms with Crippen LogP contribution in [0.4, 0.5) is 5.69 Å². The van der Waals surface area contributed by atoms with E-state index in [9.17, 15) is 4.79 Å². The Morgan fingerprint density at radius 1 is 0.889 bits per heavy atom. The number of nitrogens with one attached hydrogen (secondary N) is 1. The molecule has 1 aromatic heterocycles. The van der Waals surface area contributed by atoms with E-state index in [1.54, 1.807) is 0 Å². The van der Waals surface area contributed by atoms with Gasteiger partial charge in [-0.15, -0.1) is 10.2 Å². The zero-order chi connectivity index (χ0) is 24.7. The fourth-order valence-corrected chi connectivity index (χ4v) is 5.49. The lowest BCUT2D eigenvalue weighted by molar-refractivity contribution is -0.115. The lowest BCUT2D eigenvalue weighted by atomic mass is 10.1. The molecule has 1 atom stereocenters. The molecule has 7 heteroatoms. The van der Waals surface area contributed by atoms with E-state index >= 15 is 0 Å². The molecule has 1 fully saturated rings. The minimum absolute atomic E-state index is 0.0783. The largest absolute Gasteiger partial charge is 0.325 e. The quantitative estimate of drug-likeness (QED) is 0.301. The number of thioether (sulfide) groups is 1. The van der Waals surface area contributed by atoms with Crippen LogP contribution in [-0.4, -0.2) is 38.7 Å². The summed E-state index contributed by atoms with van der Waals surface area (Å²) in [7, 11) is 0. The van der Waals surface area contributed by atoms with Gasteiger partial charge >= 0.3 is 0 Å². The van der Waals surface area contributed by atoms with Crippen molar-refractivity contribution in [3.8, 4) is 0 Å². The molecule has 0 bridgehead atoms. The van der Waals surface area contributed by atoms with Crippen molar-refractivity contribution in [1.82, 2.24) is 19.7 Å². The van der Waals surface area contributed by atoms with Crippen molar-refractivity contribution in [3.63, 3.8) is 0 Å². The van der Waals surface area contributed by atoms with Gasteiger partial charge in [0.15, 0.2) is 5.16 Å². The van der Waals surface area contributed by atoms with E-state index in [4.69, 9.17) is 0 Å². The fourth-order valence-electron chi connectivity index (χ4n) is 4.44. The van der Waals surface area contributed by atoms with Gasteiger partial charge in [-0.3, -0.25) is 9.69 Å². The van der Waals surface area contributed by atoms with Crippen molar-refractivity contribution >= 4 is 23.4 Å². The number of anilines is 1. The summed E-state index contributed by atoms with van der Waals surface area (Å²) >= 11 is 1.46. The molecule has 0 aliphatic carbocycles. The maximum atomic E-state index is 13.6. The van der Waals surface area contributed by atoms with Gasteiger partial charge in [0.05, 0.1) is 13.1 Å². The Kier molecular flexibility index (Phi) is 7.79. The molecule has 0 spiro atoms. The molecule has 4 aromatic rings. The molecule has 0 unspecified atom stereocenters. The zero-order valence-corrected chi connectivity index (χ0v) is 21.3. The summed E-state index contributed by atoms with van der Waals surface area (Å²) in [5.41, 5.74) is 4.05. The average Bonchev–Trinajstić information content (AvgIpc) is 3.56. The first-order valence-electron chi connectivity index (χ1n) is 12.4. The highest BCUT2D eigenvalue weighted by Crippen LogP contribution is 2.36. The Labute approximate surface area is 216 Å². The molecule has 0 radical (unpaired) electrons. The van der Waals surface area contributed by atoms with E-state index < -0.39 is 5.25 Å². The highest BCUT2D eigenvalue weighted by molar-refractivity contribution is 8.00. The molecule has 1 saturated heterocycles. The number of carbonyl (C=O) groups is 1. The number of hydrogen-bond donors (Lipinski definition) is 1. The van der Waals surface area contributed by atoms with Gasteiger partial charge in [-0.05, 0) is 56.1 Å². The van der Waals surface area contributed by atoms with Crippen LogP contribution in [0.25, 0.3) is 0 Å². The van der Waals surface area contributed by atoms with Gasteiger partial charge in [0, 0.05) is 5.69 Å². The first-order chi connectivity index (χ1) is 17.7. The Bertz CT molecular complexity index is 1270. The second-order valence-corrected chi connectivity index (χ2v) is 10.3. The number of nitrogens with zero attached hydrogens (tertiary/aromatic N) is 4. The van der Waals surface area contributed by atoms with Gasteiger partial charge in [0.25, 0.3) is 0 Å². The van der Waals surface area contributed by atoms with Crippen molar-refractivity contribution in [2.45, 2.75) is 43.3 Å². The lowest BCUT2D eigenvalue weighted by Crippen LogP contribution is -2.22. The number of benzene rings is 3. The minimum atomic E-state index is -0.467. The maximum Gasteiger partial charge on any atom is 0.242 e. The summed E-state index contributed by atoms with van der Waals surface area (Å²) in [5.74, 6) is 0.861. The fraction of sp³-hybridized carbons (Fsp3) is 0.276. The van der Waals surface area contributed by atoms with Crippen LogP contribution < -0.4 is 5.32 Å². The Balaban J connectivity index is 1.45. The topological polar surface area (TPSA) is 63.1 Å². The Morgan fingerprint density at radius 2 is 1.56 bits per heavy atom.